The molecule has 0 amide bonds. The molecule has 1 rings (SSSR count). The zero-order valence-corrected chi connectivity index (χ0v) is 11.4. The molecular formula is C9H16N4O2S2. The summed E-state index contributed by atoms with van der Waals surface area (Å²) in [7, 11) is -1.78. The Morgan fingerprint density at radius 3 is 2.76 bits per heavy atom. The van der Waals surface area contributed by atoms with Crippen LogP contribution in [0.1, 0.15) is 19.0 Å². The predicted molar refractivity (Wildman–Crippen MR) is 69.8 cm³/mol. The molecule has 1 aromatic rings. The van der Waals surface area contributed by atoms with Gasteiger partial charge in [0.2, 0.25) is 10.0 Å². The molecule has 0 radical (unpaired) electrons. The summed E-state index contributed by atoms with van der Waals surface area (Å²) >= 11 is 4.75. The molecule has 1 atom stereocenters. The van der Waals surface area contributed by atoms with Crippen LogP contribution in [0.5, 0.6) is 0 Å². The number of rotatable bonds is 6. The van der Waals surface area contributed by atoms with Gasteiger partial charge in [-0.1, -0.05) is 19.1 Å². The summed E-state index contributed by atoms with van der Waals surface area (Å²) < 4.78 is 27.9. The first-order valence-electron chi connectivity index (χ1n) is 5.13. The number of nitrogens with two attached hydrogens (primary N) is 1. The van der Waals surface area contributed by atoms with Gasteiger partial charge in [-0.2, -0.15) is 5.10 Å². The van der Waals surface area contributed by atoms with Crippen LogP contribution >= 0.6 is 12.2 Å². The van der Waals surface area contributed by atoms with Crippen LogP contribution in [0, 0.1) is 0 Å². The van der Waals surface area contributed by atoms with Crippen molar-refractivity contribution in [3.63, 3.8) is 0 Å². The molecule has 0 aliphatic carbocycles. The highest BCUT2D eigenvalue weighted by molar-refractivity contribution is 7.93. The summed E-state index contributed by atoms with van der Waals surface area (Å²) in [6.07, 6.45) is 1.96. The summed E-state index contributed by atoms with van der Waals surface area (Å²) in [6, 6.07) is 1.74. The van der Waals surface area contributed by atoms with Crippen LogP contribution in [0.25, 0.3) is 0 Å². The smallest absolute Gasteiger partial charge is 0.221 e. The van der Waals surface area contributed by atoms with Gasteiger partial charge in [-0.15, -0.1) is 0 Å². The quantitative estimate of drug-likeness (QED) is 0.708. The molecule has 1 heterocycles. The number of aromatic nitrogens is 2. The standard InChI is InChI=1S/C9H16N4O2S2/c1-3-8(9(10)16)17(14,15)12-6-7-4-5-11-13(7)2/h4-5,8,12H,3,6H2,1-2H3,(H2,10,16). The molecule has 0 saturated carbocycles. The van der Waals surface area contributed by atoms with Crippen molar-refractivity contribution in [3.8, 4) is 0 Å². The number of aryl methyl sites for hydroxylation is 1. The Balaban J connectivity index is 2.74. The third-order valence-electron chi connectivity index (χ3n) is 2.44. The van der Waals surface area contributed by atoms with Crippen molar-refractivity contribution in [3.05, 3.63) is 18.0 Å². The van der Waals surface area contributed by atoms with Crippen molar-refractivity contribution < 1.29 is 8.42 Å². The maximum absolute atomic E-state index is 11.9. The van der Waals surface area contributed by atoms with E-state index in [1.54, 1.807) is 30.9 Å². The fraction of sp³-hybridized carbons (Fsp3) is 0.556. The van der Waals surface area contributed by atoms with E-state index in [1.807, 2.05) is 0 Å². The molecule has 0 fully saturated rings. The van der Waals surface area contributed by atoms with E-state index in [0.717, 1.165) is 5.69 Å². The third-order valence-corrected chi connectivity index (χ3v) is 4.76. The SMILES string of the molecule is CCC(C(N)=S)S(=O)(=O)NCc1ccnn1C. The van der Waals surface area contributed by atoms with Gasteiger partial charge < -0.3 is 5.73 Å². The van der Waals surface area contributed by atoms with Gasteiger partial charge in [0.05, 0.1) is 17.2 Å². The van der Waals surface area contributed by atoms with Gasteiger partial charge in [-0.25, -0.2) is 13.1 Å². The van der Waals surface area contributed by atoms with Crippen LogP contribution in [-0.2, 0) is 23.6 Å². The molecule has 0 aromatic carbocycles. The minimum Gasteiger partial charge on any atom is -0.392 e. The Hall–Kier alpha value is -0.990. The van der Waals surface area contributed by atoms with Gasteiger partial charge in [0.1, 0.15) is 5.25 Å². The lowest BCUT2D eigenvalue weighted by Crippen LogP contribution is -2.41. The Morgan fingerprint density at radius 2 is 2.35 bits per heavy atom. The lowest BCUT2D eigenvalue weighted by molar-refractivity contribution is 0.570. The highest BCUT2D eigenvalue weighted by Crippen LogP contribution is 2.06. The Kier molecular flexibility index (Phi) is 4.61. The first kappa shape index (κ1) is 14.1. The number of sulfonamides is 1. The van der Waals surface area contributed by atoms with Gasteiger partial charge in [0, 0.05) is 13.2 Å². The molecule has 0 aliphatic heterocycles. The van der Waals surface area contributed by atoms with E-state index in [4.69, 9.17) is 18.0 Å². The van der Waals surface area contributed by atoms with Crippen molar-refractivity contribution in [2.24, 2.45) is 12.8 Å². The molecule has 1 unspecified atom stereocenters. The average molecular weight is 276 g/mol. The second-order valence-electron chi connectivity index (χ2n) is 3.61. The second kappa shape index (κ2) is 5.56. The highest BCUT2D eigenvalue weighted by Gasteiger charge is 2.26. The fourth-order valence-electron chi connectivity index (χ4n) is 1.42. The van der Waals surface area contributed by atoms with Gasteiger partial charge in [-0.05, 0) is 12.5 Å². The third kappa shape index (κ3) is 3.48. The maximum Gasteiger partial charge on any atom is 0.221 e. The van der Waals surface area contributed by atoms with Crippen LogP contribution in [0.2, 0.25) is 0 Å². The van der Waals surface area contributed by atoms with Crippen LogP contribution in [-0.4, -0.2) is 28.4 Å². The fourth-order valence-corrected chi connectivity index (χ4v) is 3.27. The molecule has 0 aliphatic rings. The predicted octanol–water partition coefficient (Wildman–Crippen LogP) is -0.0958. The zero-order valence-electron chi connectivity index (χ0n) is 9.75. The van der Waals surface area contributed by atoms with Crippen LogP contribution in [0.3, 0.4) is 0 Å². The van der Waals surface area contributed by atoms with Crippen molar-refractivity contribution in [2.45, 2.75) is 25.1 Å². The first-order valence-corrected chi connectivity index (χ1v) is 7.08. The van der Waals surface area contributed by atoms with Crippen molar-refractivity contribution >= 4 is 27.2 Å². The number of nitrogens with one attached hydrogen (secondary N) is 1. The van der Waals surface area contributed by atoms with Crippen LogP contribution in [0.4, 0.5) is 0 Å². The molecule has 3 N–H and O–H groups in total. The lowest BCUT2D eigenvalue weighted by atomic mass is 10.3. The topological polar surface area (TPSA) is 90.0 Å². The largest absolute Gasteiger partial charge is 0.392 e. The summed E-state index contributed by atoms with van der Waals surface area (Å²) in [5.74, 6) is 0. The van der Waals surface area contributed by atoms with E-state index in [9.17, 15) is 8.42 Å². The summed E-state index contributed by atoms with van der Waals surface area (Å²) in [6.45, 7) is 1.91. The van der Waals surface area contributed by atoms with Gasteiger partial charge in [-0.3, -0.25) is 4.68 Å². The van der Waals surface area contributed by atoms with E-state index >= 15 is 0 Å². The van der Waals surface area contributed by atoms with Crippen molar-refractivity contribution in [1.29, 1.82) is 0 Å². The van der Waals surface area contributed by atoms with E-state index < -0.39 is 15.3 Å². The van der Waals surface area contributed by atoms with E-state index in [-0.39, 0.29) is 11.5 Å². The molecule has 0 saturated heterocycles. The summed E-state index contributed by atoms with van der Waals surface area (Å²) in [5.41, 5.74) is 6.18. The molecule has 8 heteroatoms. The number of thiocarbonyl (C=S) groups is 1. The number of nitrogens with zero attached hydrogens (tertiary/aromatic N) is 2. The van der Waals surface area contributed by atoms with Gasteiger partial charge in [0.25, 0.3) is 0 Å². The summed E-state index contributed by atoms with van der Waals surface area (Å²) in [5, 5.41) is 3.12. The molecular weight excluding hydrogens is 260 g/mol. The molecule has 1 aromatic heterocycles. The molecule has 0 spiro atoms. The minimum atomic E-state index is -3.52. The molecule has 96 valence electrons. The van der Waals surface area contributed by atoms with Crippen LogP contribution < -0.4 is 10.5 Å². The first-order chi connectivity index (χ1) is 7.88. The second-order valence-corrected chi connectivity index (χ2v) is 6.03. The maximum atomic E-state index is 11.9. The Bertz CT molecular complexity index is 495. The van der Waals surface area contributed by atoms with E-state index in [0.29, 0.717) is 6.42 Å². The van der Waals surface area contributed by atoms with Crippen molar-refractivity contribution in [1.82, 2.24) is 14.5 Å². The molecule has 0 bridgehead atoms. The Labute approximate surface area is 106 Å². The normalized spacial score (nSPS) is 13.5. The summed E-state index contributed by atoms with van der Waals surface area (Å²) in [4.78, 5) is -0.00925. The lowest BCUT2D eigenvalue weighted by Gasteiger charge is -2.15. The minimum absolute atomic E-state index is 0.00925. The van der Waals surface area contributed by atoms with Crippen molar-refractivity contribution in [2.75, 3.05) is 0 Å². The van der Waals surface area contributed by atoms with E-state index in [1.165, 1.54) is 0 Å². The molecule has 6 nitrogen and oxygen atoms in total. The monoisotopic (exact) mass is 276 g/mol. The van der Waals surface area contributed by atoms with Gasteiger partial charge >= 0.3 is 0 Å². The average Bonchev–Trinajstić information content (AvgIpc) is 2.61. The van der Waals surface area contributed by atoms with E-state index in [2.05, 4.69) is 9.82 Å². The van der Waals surface area contributed by atoms with Gasteiger partial charge in [0.15, 0.2) is 0 Å². The highest BCUT2D eigenvalue weighted by atomic mass is 32.2. The molecule has 17 heavy (non-hydrogen) atoms. The zero-order chi connectivity index (χ0) is 13.1. The number of hydrogen-bond acceptors (Lipinski definition) is 4. The number of hydrogen-bond donors (Lipinski definition) is 2. The Morgan fingerprint density at radius 1 is 1.71 bits per heavy atom. The van der Waals surface area contributed by atoms with Crippen LogP contribution in [0.15, 0.2) is 12.3 Å².